The molecule has 158 valence electrons. The molecular formula is C23H28N4O3. The van der Waals surface area contributed by atoms with E-state index in [-0.39, 0.29) is 43.3 Å². The summed E-state index contributed by atoms with van der Waals surface area (Å²) >= 11 is 0. The molecule has 1 unspecified atom stereocenters. The molecule has 2 aromatic rings. The van der Waals surface area contributed by atoms with Gasteiger partial charge in [0.1, 0.15) is 0 Å². The molecule has 0 spiro atoms. The minimum Gasteiger partial charge on any atom is -0.325 e. The van der Waals surface area contributed by atoms with Crippen LogP contribution in [0.15, 0.2) is 42.5 Å². The summed E-state index contributed by atoms with van der Waals surface area (Å²) in [6.07, 6.45) is 0.219. The maximum absolute atomic E-state index is 13.1. The van der Waals surface area contributed by atoms with Gasteiger partial charge in [-0.1, -0.05) is 24.3 Å². The molecule has 2 aromatic carbocycles. The van der Waals surface area contributed by atoms with Gasteiger partial charge in [-0.05, 0) is 57.1 Å². The van der Waals surface area contributed by atoms with Crippen LogP contribution in [0.25, 0.3) is 0 Å². The first-order chi connectivity index (χ1) is 14.2. The van der Waals surface area contributed by atoms with Crippen molar-refractivity contribution in [1.82, 2.24) is 4.90 Å². The molecule has 2 N–H and O–H groups in total. The van der Waals surface area contributed by atoms with E-state index in [1.807, 2.05) is 57.2 Å². The van der Waals surface area contributed by atoms with Gasteiger partial charge in [-0.15, -0.1) is 0 Å². The summed E-state index contributed by atoms with van der Waals surface area (Å²) in [5.41, 5.74) is 4.13. The maximum atomic E-state index is 13.1. The number of rotatable bonds is 5. The third-order valence-electron chi connectivity index (χ3n) is 5.11. The highest BCUT2D eigenvalue weighted by Crippen LogP contribution is 2.31. The highest BCUT2D eigenvalue weighted by Gasteiger charge is 2.30. The molecule has 0 fully saturated rings. The molecule has 1 atom stereocenters. The van der Waals surface area contributed by atoms with Crippen LogP contribution in [0.3, 0.4) is 0 Å². The van der Waals surface area contributed by atoms with Crippen LogP contribution in [0.4, 0.5) is 17.1 Å². The van der Waals surface area contributed by atoms with Gasteiger partial charge < -0.3 is 15.5 Å². The maximum Gasteiger partial charge on any atom is 0.241 e. The van der Waals surface area contributed by atoms with Gasteiger partial charge in [-0.2, -0.15) is 0 Å². The molecule has 0 radical (unpaired) electrons. The monoisotopic (exact) mass is 408 g/mol. The average molecular weight is 409 g/mol. The molecule has 7 heteroatoms. The Morgan fingerprint density at radius 2 is 1.90 bits per heavy atom. The molecule has 1 aliphatic heterocycles. The first-order valence-electron chi connectivity index (χ1n) is 10.0. The van der Waals surface area contributed by atoms with Gasteiger partial charge in [-0.25, -0.2) is 0 Å². The number of anilines is 3. The zero-order valence-electron chi connectivity index (χ0n) is 17.9. The summed E-state index contributed by atoms with van der Waals surface area (Å²) in [7, 11) is 1.73. The molecule has 0 aliphatic carbocycles. The van der Waals surface area contributed by atoms with Crippen molar-refractivity contribution < 1.29 is 14.4 Å². The van der Waals surface area contributed by atoms with E-state index in [0.717, 1.165) is 16.8 Å². The lowest BCUT2D eigenvalue weighted by Gasteiger charge is -2.29. The Labute approximate surface area is 177 Å². The number of hydrogen-bond donors (Lipinski definition) is 2. The SMILES string of the molecule is Cc1ccc(C)c(NC(=O)CN(C)CC(=O)N2c3ccccc3NC(=O)CC2C)c1. The summed E-state index contributed by atoms with van der Waals surface area (Å²) in [5.74, 6) is -0.458. The third kappa shape index (κ3) is 5.04. The lowest BCUT2D eigenvalue weighted by molar-refractivity contribution is -0.121. The van der Waals surface area contributed by atoms with E-state index >= 15 is 0 Å². The fourth-order valence-electron chi connectivity index (χ4n) is 3.64. The zero-order chi connectivity index (χ0) is 21.8. The number of carbonyl (C=O) groups is 3. The molecule has 30 heavy (non-hydrogen) atoms. The molecule has 3 amide bonds. The van der Waals surface area contributed by atoms with Gasteiger partial charge in [0.05, 0.1) is 24.5 Å². The third-order valence-corrected chi connectivity index (χ3v) is 5.11. The number of hydrogen-bond acceptors (Lipinski definition) is 4. The highest BCUT2D eigenvalue weighted by atomic mass is 16.2. The summed E-state index contributed by atoms with van der Waals surface area (Å²) < 4.78 is 0. The van der Waals surface area contributed by atoms with Crippen LogP contribution < -0.4 is 15.5 Å². The number of para-hydroxylation sites is 2. The van der Waals surface area contributed by atoms with Crippen molar-refractivity contribution in [2.24, 2.45) is 0 Å². The highest BCUT2D eigenvalue weighted by molar-refractivity contribution is 6.05. The number of likely N-dealkylation sites (N-methyl/N-ethyl adjacent to an activating group) is 1. The van der Waals surface area contributed by atoms with Gasteiger partial charge in [-0.3, -0.25) is 19.3 Å². The Morgan fingerprint density at radius 3 is 2.67 bits per heavy atom. The summed E-state index contributed by atoms with van der Waals surface area (Å²) in [6, 6.07) is 12.9. The van der Waals surface area contributed by atoms with E-state index in [4.69, 9.17) is 0 Å². The molecule has 3 rings (SSSR count). The van der Waals surface area contributed by atoms with E-state index in [2.05, 4.69) is 10.6 Å². The van der Waals surface area contributed by atoms with Crippen molar-refractivity contribution in [3.05, 3.63) is 53.6 Å². The molecule has 1 aliphatic rings. The van der Waals surface area contributed by atoms with Crippen LogP contribution in [-0.4, -0.2) is 48.8 Å². The number of benzene rings is 2. The number of nitrogens with one attached hydrogen (secondary N) is 2. The number of carbonyl (C=O) groups excluding carboxylic acids is 3. The van der Waals surface area contributed by atoms with Crippen LogP contribution in [0, 0.1) is 13.8 Å². The van der Waals surface area contributed by atoms with Gasteiger partial charge >= 0.3 is 0 Å². The van der Waals surface area contributed by atoms with Crippen molar-refractivity contribution in [1.29, 1.82) is 0 Å². The molecule has 0 saturated carbocycles. The predicted octanol–water partition coefficient (Wildman–Crippen LogP) is 2.94. The van der Waals surface area contributed by atoms with Gasteiger partial charge in [0.2, 0.25) is 17.7 Å². The number of amides is 3. The summed E-state index contributed by atoms with van der Waals surface area (Å²) in [6.45, 7) is 5.91. The van der Waals surface area contributed by atoms with Gasteiger partial charge in [0.15, 0.2) is 0 Å². The quantitative estimate of drug-likeness (QED) is 0.797. The average Bonchev–Trinajstić information content (AvgIpc) is 2.78. The van der Waals surface area contributed by atoms with Gasteiger partial charge in [0, 0.05) is 18.2 Å². The second-order valence-corrected chi connectivity index (χ2v) is 7.92. The lowest BCUT2D eigenvalue weighted by Crippen LogP contribution is -2.45. The molecule has 0 aromatic heterocycles. The Kier molecular flexibility index (Phi) is 6.52. The van der Waals surface area contributed by atoms with E-state index in [1.165, 1.54) is 0 Å². The van der Waals surface area contributed by atoms with E-state index in [1.54, 1.807) is 22.9 Å². The predicted molar refractivity (Wildman–Crippen MR) is 119 cm³/mol. The standard InChI is InChI=1S/C23H28N4O3/c1-15-9-10-16(2)19(11-15)25-22(29)13-26(4)14-23(30)27-17(3)12-21(28)24-18-7-5-6-8-20(18)27/h5-11,17H,12-14H2,1-4H3,(H,24,28)(H,25,29). The fourth-order valence-corrected chi connectivity index (χ4v) is 3.64. The Balaban J connectivity index is 1.67. The number of fused-ring (bicyclic) bond motifs is 1. The van der Waals surface area contributed by atoms with E-state index < -0.39 is 0 Å². The molecular weight excluding hydrogens is 380 g/mol. The summed E-state index contributed by atoms with van der Waals surface area (Å²) in [4.78, 5) is 41.0. The van der Waals surface area contributed by atoms with Crippen LogP contribution in [-0.2, 0) is 14.4 Å². The largest absolute Gasteiger partial charge is 0.325 e. The van der Waals surface area contributed by atoms with Crippen molar-refractivity contribution in [2.45, 2.75) is 33.2 Å². The Morgan fingerprint density at radius 1 is 1.17 bits per heavy atom. The van der Waals surface area contributed by atoms with E-state index in [9.17, 15) is 14.4 Å². The Hall–Kier alpha value is -3.19. The second kappa shape index (κ2) is 9.09. The van der Waals surface area contributed by atoms with Crippen LogP contribution in [0.2, 0.25) is 0 Å². The molecule has 0 bridgehead atoms. The number of nitrogens with zero attached hydrogens (tertiary/aromatic N) is 2. The minimum atomic E-state index is -0.279. The van der Waals surface area contributed by atoms with Crippen LogP contribution in [0.5, 0.6) is 0 Å². The van der Waals surface area contributed by atoms with Crippen molar-refractivity contribution in [3.63, 3.8) is 0 Å². The van der Waals surface area contributed by atoms with Crippen LogP contribution >= 0.6 is 0 Å². The fraction of sp³-hybridized carbons (Fsp3) is 0.348. The van der Waals surface area contributed by atoms with E-state index in [0.29, 0.717) is 11.4 Å². The second-order valence-electron chi connectivity index (χ2n) is 7.92. The normalized spacial score (nSPS) is 16.0. The summed E-state index contributed by atoms with van der Waals surface area (Å²) in [5, 5.41) is 5.76. The first-order valence-corrected chi connectivity index (χ1v) is 10.0. The Bertz CT molecular complexity index is 973. The van der Waals surface area contributed by atoms with Crippen molar-refractivity contribution >= 4 is 34.8 Å². The number of aryl methyl sites for hydroxylation is 2. The minimum absolute atomic E-state index is 0.0626. The van der Waals surface area contributed by atoms with Crippen LogP contribution in [0.1, 0.15) is 24.5 Å². The molecule has 1 heterocycles. The first kappa shape index (κ1) is 21.5. The topological polar surface area (TPSA) is 81.8 Å². The smallest absolute Gasteiger partial charge is 0.241 e. The van der Waals surface area contributed by atoms with Crippen molar-refractivity contribution in [2.75, 3.05) is 35.7 Å². The van der Waals surface area contributed by atoms with Crippen molar-refractivity contribution in [3.8, 4) is 0 Å². The molecule has 7 nitrogen and oxygen atoms in total. The lowest BCUT2D eigenvalue weighted by atomic mass is 10.1. The molecule has 0 saturated heterocycles. The van der Waals surface area contributed by atoms with Gasteiger partial charge in [0.25, 0.3) is 0 Å². The zero-order valence-corrected chi connectivity index (χ0v) is 17.9.